The number of hydrogen-bond donors (Lipinski definition) is 1. The highest BCUT2D eigenvalue weighted by molar-refractivity contribution is 7.17. The van der Waals surface area contributed by atoms with Crippen LogP contribution in [0.15, 0.2) is 36.0 Å². The quantitative estimate of drug-likeness (QED) is 0.775. The molecule has 0 saturated carbocycles. The minimum Gasteiger partial charge on any atom is -0.394 e. The number of aliphatic hydroxyl groups excluding tert-OH is 1. The molecule has 0 bridgehead atoms. The molecule has 1 N–H and O–H groups in total. The molecule has 126 valence electrons. The maximum absolute atomic E-state index is 9.15. The Bertz CT molecular complexity index is 804. The van der Waals surface area contributed by atoms with E-state index in [0.717, 1.165) is 38.0 Å². The third-order valence-corrected chi connectivity index (χ3v) is 5.69. The second kappa shape index (κ2) is 7.01. The van der Waals surface area contributed by atoms with Gasteiger partial charge in [0.15, 0.2) is 0 Å². The number of rotatable bonds is 5. The Hall–Kier alpha value is -1.76. The van der Waals surface area contributed by atoms with E-state index in [1.165, 1.54) is 16.0 Å². The zero-order valence-corrected chi connectivity index (χ0v) is 14.5. The van der Waals surface area contributed by atoms with E-state index < -0.39 is 0 Å². The summed E-state index contributed by atoms with van der Waals surface area (Å²) in [5, 5.41) is 15.6. The van der Waals surface area contributed by atoms with Crippen LogP contribution in [0.3, 0.4) is 0 Å². The first-order chi connectivity index (χ1) is 11.8. The fraction of sp³-hybridized carbons (Fsp3) is 0.444. The number of pyridine rings is 1. The minimum atomic E-state index is 0.145. The van der Waals surface area contributed by atoms with Crippen molar-refractivity contribution in [1.29, 1.82) is 0 Å². The zero-order chi connectivity index (χ0) is 16.4. The van der Waals surface area contributed by atoms with Gasteiger partial charge in [-0.05, 0) is 55.1 Å². The topological polar surface area (TPSA) is 54.2 Å². The highest BCUT2D eigenvalue weighted by atomic mass is 32.1. The summed E-state index contributed by atoms with van der Waals surface area (Å²) in [4.78, 5) is 7.06. The van der Waals surface area contributed by atoms with Crippen LogP contribution in [0.1, 0.15) is 30.0 Å². The normalized spacial score (nSPS) is 16.9. The van der Waals surface area contributed by atoms with Crippen LogP contribution < -0.4 is 0 Å². The van der Waals surface area contributed by atoms with E-state index in [0.29, 0.717) is 12.5 Å². The average molecular weight is 342 g/mol. The minimum absolute atomic E-state index is 0.145. The molecule has 0 atom stereocenters. The van der Waals surface area contributed by atoms with E-state index in [2.05, 4.69) is 38.6 Å². The summed E-state index contributed by atoms with van der Waals surface area (Å²) in [6, 6.07) is 6.45. The Kier molecular flexibility index (Phi) is 4.60. The summed E-state index contributed by atoms with van der Waals surface area (Å²) in [5.41, 5.74) is 3.67. The summed E-state index contributed by atoms with van der Waals surface area (Å²) in [6.07, 6.45) is 6.15. The lowest BCUT2D eigenvalue weighted by atomic mass is 9.93. The molecule has 3 aromatic rings. The van der Waals surface area contributed by atoms with Crippen molar-refractivity contribution in [3.8, 4) is 0 Å². The third kappa shape index (κ3) is 3.22. The highest BCUT2D eigenvalue weighted by Gasteiger charge is 2.23. The summed E-state index contributed by atoms with van der Waals surface area (Å²) >= 11 is 1.76. The Morgan fingerprint density at radius 3 is 2.96 bits per heavy atom. The van der Waals surface area contributed by atoms with Gasteiger partial charge >= 0.3 is 0 Å². The van der Waals surface area contributed by atoms with E-state index in [4.69, 9.17) is 5.11 Å². The number of hydrogen-bond acceptors (Lipinski definition) is 5. The van der Waals surface area contributed by atoms with Gasteiger partial charge in [-0.1, -0.05) is 0 Å². The lowest BCUT2D eigenvalue weighted by Gasteiger charge is -2.32. The Morgan fingerprint density at radius 1 is 1.25 bits per heavy atom. The molecule has 0 radical (unpaired) electrons. The van der Waals surface area contributed by atoms with Gasteiger partial charge in [0.25, 0.3) is 0 Å². The average Bonchev–Trinajstić information content (AvgIpc) is 3.25. The first kappa shape index (κ1) is 15.7. The molecule has 0 amide bonds. The number of aromatic nitrogens is 3. The maximum Gasteiger partial charge on any atom is 0.0809 e. The highest BCUT2D eigenvalue weighted by Crippen LogP contribution is 2.29. The standard InChI is InChI=1S/C18H22N4OS/c23-9-8-22-17(1-5-20-22)15-2-6-21(7-3-15)13-14-11-18-16(19-12-14)4-10-24-18/h1,4-5,10-12,15,23H,2-3,6-9,13H2. The fourth-order valence-electron chi connectivity index (χ4n) is 3.59. The van der Waals surface area contributed by atoms with E-state index in [9.17, 15) is 0 Å². The molecular weight excluding hydrogens is 320 g/mol. The van der Waals surface area contributed by atoms with Gasteiger partial charge in [0.2, 0.25) is 0 Å². The summed E-state index contributed by atoms with van der Waals surface area (Å²) < 4.78 is 3.23. The molecule has 4 rings (SSSR count). The molecule has 24 heavy (non-hydrogen) atoms. The van der Waals surface area contributed by atoms with E-state index in [-0.39, 0.29) is 6.61 Å². The van der Waals surface area contributed by atoms with E-state index in [1.807, 2.05) is 17.1 Å². The molecule has 0 spiro atoms. The van der Waals surface area contributed by atoms with Crippen molar-refractivity contribution in [2.24, 2.45) is 0 Å². The van der Waals surface area contributed by atoms with Crippen molar-refractivity contribution >= 4 is 21.6 Å². The van der Waals surface area contributed by atoms with Gasteiger partial charge in [-0.25, -0.2) is 0 Å². The van der Waals surface area contributed by atoms with E-state index in [1.54, 1.807) is 11.3 Å². The van der Waals surface area contributed by atoms with Crippen molar-refractivity contribution in [3.63, 3.8) is 0 Å². The number of nitrogens with zero attached hydrogens (tertiary/aromatic N) is 4. The molecular formula is C18H22N4OS. The van der Waals surface area contributed by atoms with Gasteiger partial charge in [-0.15, -0.1) is 11.3 Å². The van der Waals surface area contributed by atoms with Gasteiger partial charge in [0.1, 0.15) is 0 Å². The van der Waals surface area contributed by atoms with Crippen LogP contribution in [0.2, 0.25) is 0 Å². The predicted molar refractivity (Wildman–Crippen MR) is 96.2 cm³/mol. The molecule has 0 aromatic carbocycles. The van der Waals surface area contributed by atoms with Gasteiger partial charge in [-0.2, -0.15) is 5.10 Å². The summed E-state index contributed by atoms with van der Waals surface area (Å²) in [5.74, 6) is 0.549. The fourth-order valence-corrected chi connectivity index (χ4v) is 4.39. The van der Waals surface area contributed by atoms with Crippen LogP contribution in [0.5, 0.6) is 0 Å². The van der Waals surface area contributed by atoms with Crippen LogP contribution in [0.25, 0.3) is 10.2 Å². The summed E-state index contributed by atoms with van der Waals surface area (Å²) in [6.45, 7) is 3.90. The lowest BCUT2D eigenvalue weighted by Crippen LogP contribution is -2.33. The largest absolute Gasteiger partial charge is 0.394 e. The molecule has 6 heteroatoms. The number of piperidine rings is 1. The van der Waals surface area contributed by atoms with Crippen LogP contribution in [-0.2, 0) is 13.1 Å². The maximum atomic E-state index is 9.15. The van der Waals surface area contributed by atoms with Crippen LogP contribution in [-0.4, -0.2) is 44.5 Å². The monoisotopic (exact) mass is 342 g/mol. The first-order valence-electron chi connectivity index (χ1n) is 8.50. The van der Waals surface area contributed by atoms with Crippen molar-refractivity contribution in [1.82, 2.24) is 19.7 Å². The van der Waals surface area contributed by atoms with Crippen LogP contribution in [0, 0.1) is 0 Å². The van der Waals surface area contributed by atoms with Crippen LogP contribution in [0.4, 0.5) is 0 Å². The second-order valence-corrected chi connectivity index (χ2v) is 7.35. The molecule has 0 aliphatic carbocycles. The molecule has 5 nitrogen and oxygen atoms in total. The molecule has 4 heterocycles. The van der Waals surface area contributed by atoms with Crippen molar-refractivity contribution in [2.75, 3.05) is 19.7 Å². The first-order valence-corrected chi connectivity index (χ1v) is 9.38. The molecule has 1 fully saturated rings. The SMILES string of the molecule is OCCn1nccc1C1CCN(Cc2cnc3ccsc3c2)CC1. The number of aliphatic hydroxyl groups is 1. The predicted octanol–water partition coefficient (Wildman–Crippen LogP) is 2.86. The Morgan fingerprint density at radius 2 is 2.12 bits per heavy atom. The Balaban J connectivity index is 1.38. The molecule has 3 aromatic heterocycles. The van der Waals surface area contributed by atoms with Gasteiger partial charge < -0.3 is 5.11 Å². The van der Waals surface area contributed by atoms with Crippen LogP contribution >= 0.6 is 11.3 Å². The van der Waals surface area contributed by atoms with Gasteiger partial charge in [0, 0.05) is 30.6 Å². The molecule has 1 aliphatic heterocycles. The van der Waals surface area contributed by atoms with Gasteiger partial charge in [-0.3, -0.25) is 14.6 Å². The van der Waals surface area contributed by atoms with Crippen molar-refractivity contribution in [3.05, 3.63) is 47.2 Å². The smallest absolute Gasteiger partial charge is 0.0809 e. The van der Waals surface area contributed by atoms with E-state index >= 15 is 0 Å². The second-order valence-electron chi connectivity index (χ2n) is 6.40. The zero-order valence-electron chi connectivity index (χ0n) is 13.6. The number of thiophene rings is 1. The third-order valence-electron chi connectivity index (χ3n) is 4.83. The Labute approximate surface area is 145 Å². The molecule has 0 unspecified atom stereocenters. The summed E-state index contributed by atoms with van der Waals surface area (Å²) in [7, 11) is 0. The lowest BCUT2D eigenvalue weighted by molar-refractivity contribution is 0.198. The number of likely N-dealkylation sites (tertiary alicyclic amines) is 1. The number of fused-ring (bicyclic) bond motifs is 1. The van der Waals surface area contributed by atoms with Crippen molar-refractivity contribution in [2.45, 2.75) is 31.8 Å². The van der Waals surface area contributed by atoms with Gasteiger partial charge in [0.05, 0.1) is 23.4 Å². The van der Waals surface area contributed by atoms with Crippen molar-refractivity contribution < 1.29 is 5.11 Å². The molecule has 1 aliphatic rings. The molecule has 1 saturated heterocycles.